The van der Waals surface area contributed by atoms with Crippen LogP contribution in [0.4, 0.5) is 0 Å². The number of carbonyl (C=O) groups excluding carboxylic acids is 1. The zero-order valence-electron chi connectivity index (χ0n) is 17.8. The molecule has 0 amide bonds. The van der Waals surface area contributed by atoms with Crippen LogP contribution in [0.1, 0.15) is 27.7 Å². The number of carboxylic acids is 1. The van der Waals surface area contributed by atoms with Gasteiger partial charge in [-0.1, -0.05) is 95.2 Å². The number of carbonyl (C=O) groups is 2. The van der Waals surface area contributed by atoms with E-state index in [1.807, 2.05) is 88.5 Å². The van der Waals surface area contributed by atoms with Crippen LogP contribution in [0.5, 0.6) is 0 Å². The van der Waals surface area contributed by atoms with Crippen molar-refractivity contribution in [2.24, 2.45) is 0 Å². The Morgan fingerprint density at radius 2 is 0.966 bits per heavy atom. The van der Waals surface area contributed by atoms with Gasteiger partial charge in [-0.3, -0.25) is 0 Å². The number of esters is 1. The van der Waals surface area contributed by atoms with Crippen LogP contribution in [0.3, 0.4) is 0 Å². The van der Waals surface area contributed by atoms with Crippen molar-refractivity contribution in [2.75, 3.05) is 7.11 Å². The molecule has 4 heteroatoms. The van der Waals surface area contributed by atoms with Crippen molar-refractivity contribution >= 4 is 11.9 Å². The number of hydrogen-bond donors (Lipinski definition) is 1. The molecular formula is C25H30O4. The maximum atomic E-state index is 11.0. The fraction of sp³-hybridized carbons (Fsp3) is 0.200. The fourth-order valence-corrected chi connectivity index (χ4v) is 1.81. The second-order valence-corrected chi connectivity index (χ2v) is 6.27. The quantitative estimate of drug-likeness (QED) is 0.288. The van der Waals surface area contributed by atoms with E-state index in [0.717, 1.165) is 28.4 Å². The Morgan fingerprint density at radius 3 is 1.38 bits per heavy atom. The Labute approximate surface area is 174 Å². The average Bonchev–Trinajstić information content (AvgIpc) is 2.67. The molecule has 0 aromatic rings. The molecule has 0 radical (unpaired) electrons. The van der Waals surface area contributed by atoms with Crippen molar-refractivity contribution < 1.29 is 19.4 Å². The van der Waals surface area contributed by atoms with E-state index >= 15 is 0 Å². The molecule has 0 aliphatic rings. The minimum absolute atomic E-state index is 0.373. The normalized spacial score (nSPS) is 14.9. The van der Waals surface area contributed by atoms with Gasteiger partial charge >= 0.3 is 11.9 Å². The highest BCUT2D eigenvalue weighted by Crippen LogP contribution is 2.02. The van der Waals surface area contributed by atoms with Crippen molar-refractivity contribution in [3.8, 4) is 0 Å². The van der Waals surface area contributed by atoms with Crippen LogP contribution in [0.15, 0.2) is 107 Å². The number of ether oxygens (including phenoxy) is 1. The Bertz CT molecular complexity index is 823. The number of carboxylic acid groups (broad SMARTS) is 1. The second-order valence-electron chi connectivity index (χ2n) is 6.27. The van der Waals surface area contributed by atoms with E-state index in [4.69, 9.17) is 5.11 Å². The molecule has 0 atom stereocenters. The Balaban J connectivity index is 4.67. The van der Waals surface area contributed by atoms with Crippen molar-refractivity contribution in [2.45, 2.75) is 27.7 Å². The first-order valence-electron chi connectivity index (χ1n) is 9.13. The van der Waals surface area contributed by atoms with Gasteiger partial charge in [-0.15, -0.1) is 0 Å². The molecule has 154 valence electrons. The molecule has 0 unspecified atom stereocenters. The van der Waals surface area contributed by atoms with Crippen molar-refractivity contribution in [3.63, 3.8) is 0 Å². The molecule has 0 rings (SSSR count). The second kappa shape index (κ2) is 15.6. The number of methoxy groups -OCH3 is 1. The third-order valence-electron chi connectivity index (χ3n) is 3.44. The molecule has 0 saturated heterocycles. The molecule has 0 fully saturated rings. The van der Waals surface area contributed by atoms with E-state index in [0.29, 0.717) is 0 Å². The first-order valence-corrected chi connectivity index (χ1v) is 9.13. The third kappa shape index (κ3) is 16.5. The van der Waals surface area contributed by atoms with Crippen LogP contribution < -0.4 is 0 Å². The summed E-state index contributed by atoms with van der Waals surface area (Å²) < 4.78 is 4.54. The summed E-state index contributed by atoms with van der Waals surface area (Å²) in [5, 5.41) is 8.58. The van der Waals surface area contributed by atoms with Gasteiger partial charge in [-0.2, -0.15) is 0 Å². The zero-order valence-corrected chi connectivity index (χ0v) is 17.8. The highest BCUT2D eigenvalue weighted by molar-refractivity contribution is 5.82. The monoisotopic (exact) mass is 394 g/mol. The van der Waals surface area contributed by atoms with Gasteiger partial charge in [0.05, 0.1) is 7.11 Å². The molecule has 0 saturated carbocycles. The van der Waals surface area contributed by atoms with E-state index in [1.165, 1.54) is 13.2 Å². The molecule has 0 aromatic carbocycles. The van der Waals surface area contributed by atoms with E-state index in [2.05, 4.69) is 4.74 Å². The predicted molar refractivity (Wildman–Crippen MR) is 120 cm³/mol. The fourth-order valence-electron chi connectivity index (χ4n) is 1.81. The van der Waals surface area contributed by atoms with Gasteiger partial charge in [0.25, 0.3) is 0 Å². The lowest BCUT2D eigenvalue weighted by atomic mass is 10.2. The minimum atomic E-state index is -0.956. The maximum absolute atomic E-state index is 11.0. The molecule has 4 nitrogen and oxygen atoms in total. The Morgan fingerprint density at radius 1 is 0.586 bits per heavy atom. The zero-order chi connectivity index (χ0) is 22.1. The van der Waals surface area contributed by atoms with Crippen LogP contribution in [-0.2, 0) is 14.3 Å². The van der Waals surface area contributed by atoms with Crippen LogP contribution in [0.25, 0.3) is 0 Å². The largest absolute Gasteiger partial charge is 0.478 e. The highest BCUT2D eigenvalue weighted by Gasteiger charge is 1.89. The summed E-state index contributed by atoms with van der Waals surface area (Å²) in [4.78, 5) is 21.5. The van der Waals surface area contributed by atoms with Gasteiger partial charge in [0.15, 0.2) is 0 Å². The van der Waals surface area contributed by atoms with Crippen molar-refractivity contribution in [1.29, 1.82) is 0 Å². The molecule has 29 heavy (non-hydrogen) atoms. The van der Waals surface area contributed by atoms with Crippen LogP contribution >= 0.6 is 0 Å². The summed E-state index contributed by atoms with van der Waals surface area (Å²) in [7, 11) is 1.35. The Hall–Kier alpha value is -3.40. The first kappa shape index (κ1) is 25.6. The van der Waals surface area contributed by atoms with Gasteiger partial charge in [-0.05, 0) is 27.7 Å². The molecule has 0 aliphatic heterocycles. The lowest BCUT2D eigenvalue weighted by Gasteiger charge is -1.91. The standard InChI is InChI=1S/C25H30O4/c1-20(12-8-14-22(3)16-18-24(26)27)10-6-7-11-21(2)13-9-15-23(4)17-19-25(28)29-5/h6-19H,1-5H3,(H,26,27)/b7-6+,12-8+,13-9+,18-16+,19-17?,20-10+,21-11+,22-14+,23-15?. The summed E-state index contributed by atoms with van der Waals surface area (Å²) >= 11 is 0. The number of allylic oxidation sites excluding steroid dienone is 16. The number of hydrogen-bond acceptors (Lipinski definition) is 3. The number of rotatable bonds is 10. The molecule has 1 N–H and O–H groups in total. The first-order chi connectivity index (χ1) is 13.7. The van der Waals surface area contributed by atoms with Gasteiger partial charge in [-0.25, -0.2) is 9.59 Å². The van der Waals surface area contributed by atoms with Gasteiger partial charge in [0.2, 0.25) is 0 Å². The average molecular weight is 395 g/mol. The summed E-state index contributed by atoms with van der Waals surface area (Å²) in [6, 6.07) is 0. The smallest absolute Gasteiger partial charge is 0.330 e. The van der Waals surface area contributed by atoms with Gasteiger partial charge < -0.3 is 9.84 Å². The lowest BCUT2D eigenvalue weighted by Crippen LogP contribution is -1.93. The van der Waals surface area contributed by atoms with Crippen LogP contribution in [-0.4, -0.2) is 24.2 Å². The van der Waals surface area contributed by atoms with Gasteiger partial charge in [0, 0.05) is 12.2 Å². The lowest BCUT2D eigenvalue weighted by molar-refractivity contribution is -0.135. The maximum Gasteiger partial charge on any atom is 0.330 e. The summed E-state index contributed by atoms with van der Waals surface area (Å²) in [6.07, 6.45) is 25.2. The van der Waals surface area contributed by atoms with Crippen molar-refractivity contribution in [3.05, 3.63) is 107 Å². The molecule has 0 aliphatic carbocycles. The SMILES string of the molecule is COC(=O)C=CC(C)=C/C=C/C(C)=C/C=C/C=C(C)/C=C/C=C(C)/C=C/C(=O)O. The van der Waals surface area contributed by atoms with E-state index < -0.39 is 5.97 Å². The molecule has 0 spiro atoms. The van der Waals surface area contributed by atoms with E-state index in [9.17, 15) is 9.59 Å². The molecule has 0 aromatic heterocycles. The van der Waals surface area contributed by atoms with E-state index in [1.54, 1.807) is 12.2 Å². The predicted octanol–water partition coefficient (Wildman–Crippen LogP) is 5.81. The van der Waals surface area contributed by atoms with Gasteiger partial charge in [0.1, 0.15) is 0 Å². The Kier molecular flexibility index (Phi) is 13.8. The minimum Gasteiger partial charge on any atom is -0.478 e. The highest BCUT2D eigenvalue weighted by atomic mass is 16.5. The summed E-state index contributed by atoms with van der Waals surface area (Å²) in [5.74, 6) is -1.33. The third-order valence-corrected chi connectivity index (χ3v) is 3.44. The van der Waals surface area contributed by atoms with Crippen molar-refractivity contribution in [1.82, 2.24) is 0 Å². The van der Waals surface area contributed by atoms with Crippen LogP contribution in [0, 0.1) is 0 Å². The van der Waals surface area contributed by atoms with Crippen LogP contribution in [0.2, 0.25) is 0 Å². The summed E-state index contributed by atoms with van der Waals surface area (Å²) in [5.41, 5.74) is 3.98. The van der Waals surface area contributed by atoms with E-state index in [-0.39, 0.29) is 5.97 Å². The number of aliphatic carboxylic acids is 1. The summed E-state index contributed by atoms with van der Waals surface area (Å²) in [6.45, 7) is 7.74. The topological polar surface area (TPSA) is 63.6 Å². The molecule has 0 bridgehead atoms. The molecular weight excluding hydrogens is 364 g/mol. The molecule has 0 heterocycles.